The van der Waals surface area contributed by atoms with E-state index in [0.717, 1.165) is 38.5 Å². The number of carbonyl (C=O) groups is 2. The summed E-state index contributed by atoms with van der Waals surface area (Å²) in [6.07, 6.45) is 63.0. The van der Waals surface area contributed by atoms with E-state index in [4.69, 9.17) is 9.47 Å². The summed E-state index contributed by atoms with van der Waals surface area (Å²) < 4.78 is 11.6. The molecule has 0 aliphatic heterocycles. The summed E-state index contributed by atoms with van der Waals surface area (Å²) in [5.74, 6) is -0.390. The molecule has 0 unspecified atom stereocenters. The number of ether oxygens (including phenoxy) is 2. The Morgan fingerprint density at radius 2 is 0.417 bits per heavy atom. The molecule has 0 fully saturated rings. The summed E-state index contributed by atoms with van der Waals surface area (Å²) in [7, 11) is 0. The van der Waals surface area contributed by atoms with Gasteiger partial charge in [-0.25, -0.2) is 0 Å². The molecular formula is C56H110O4. The van der Waals surface area contributed by atoms with Crippen LogP contribution >= 0.6 is 0 Å². The lowest BCUT2D eigenvalue weighted by molar-refractivity contribution is -0.189. The lowest BCUT2D eigenvalue weighted by Crippen LogP contribution is -2.24. The van der Waals surface area contributed by atoms with Crippen LogP contribution in [-0.4, -0.2) is 18.2 Å². The maximum Gasteiger partial charge on any atom is 0.308 e. The van der Waals surface area contributed by atoms with Gasteiger partial charge < -0.3 is 9.47 Å². The molecule has 358 valence electrons. The Hall–Kier alpha value is -1.06. The van der Waals surface area contributed by atoms with Crippen LogP contribution in [0.3, 0.4) is 0 Å². The fourth-order valence-electron chi connectivity index (χ4n) is 8.87. The second kappa shape index (κ2) is 52.3. The standard InChI is InChI=1S/C56H110O4/c1-4-7-10-13-16-19-21-23-25-27-29-31-33-35-37-40-42-45-48-51-54(57)59-56(53-50-47-44-39-18-15-12-9-6-3)60-55(58)52-49-46-43-41-38-36-34-32-30-28-26-24-22-20-17-14-11-8-5-2/h56H,4-53H2,1-3H3. The molecule has 0 atom stereocenters. The van der Waals surface area contributed by atoms with Gasteiger partial charge in [-0.3, -0.25) is 9.59 Å². The van der Waals surface area contributed by atoms with Crippen molar-refractivity contribution in [2.45, 2.75) is 348 Å². The summed E-state index contributed by atoms with van der Waals surface area (Å²) in [6, 6.07) is 0. The maximum absolute atomic E-state index is 12.8. The zero-order valence-electron chi connectivity index (χ0n) is 41.6. The Balaban J connectivity index is 4.01. The smallest absolute Gasteiger partial charge is 0.308 e. The van der Waals surface area contributed by atoms with Crippen molar-refractivity contribution in [2.24, 2.45) is 0 Å². The van der Waals surface area contributed by atoms with Crippen LogP contribution in [0.2, 0.25) is 0 Å². The van der Waals surface area contributed by atoms with E-state index >= 15 is 0 Å². The van der Waals surface area contributed by atoms with E-state index < -0.39 is 6.29 Å². The van der Waals surface area contributed by atoms with Crippen molar-refractivity contribution in [3.8, 4) is 0 Å². The van der Waals surface area contributed by atoms with Crippen LogP contribution in [0.25, 0.3) is 0 Å². The molecule has 60 heavy (non-hydrogen) atoms. The molecule has 0 amide bonds. The minimum atomic E-state index is -0.713. The Labute approximate surface area is 377 Å². The minimum Gasteiger partial charge on any atom is -0.425 e. The molecule has 0 radical (unpaired) electrons. The van der Waals surface area contributed by atoms with Gasteiger partial charge in [-0.05, 0) is 19.3 Å². The SMILES string of the molecule is CCCCCCCCCCCCCCCCCCCCCC(=O)OC(CCCCCCCCCCC)OC(=O)CCCCCCCCCCCCCCCCCCCCC. The first-order chi connectivity index (χ1) is 29.6. The molecule has 0 rings (SSSR count). The Bertz CT molecular complexity index is 770. The van der Waals surface area contributed by atoms with Crippen LogP contribution in [0.4, 0.5) is 0 Å². The summed E-state index contributed by atoms with van der Waals surface area (Å²) in [6.45, 7) is 6.85. The first-order valence-corrected chi connectivity index (χ1v) is 28.0. The van der Waals surface area contributed by atoms with Crippen LogP contribution in [0.5, 0.6) is 0 Å². The Kier molecular flexibility index (Phi) is 51.4. The van der Waals surface area contributed by atoms with Gasteiger partial charge in [0.25, 0.3) is 0 Å². The zero-order chi connectivity index (χ0) is 43.5. The van der Waals surface area contributed by atoms with Gasteiger partial charge in [-0.15, -0.1) is 0 Å². The van der Waals surface area contributed by atoms with Gasteiger partial charge in [-0.1, -0.05) is 303 Å². The number of hydrogen-bond donors (Lipinski definition) is 0. The molecule has 0 spiro atoms. The number of hydrogen-bond acceptors (Lipinski definition) is 4. The van der Waals surface area contributed by atoms with E-state index in [1.165, 1.54) is 263 Å². The predicted molar refractivity (Wildman–Crippen MR) is 264 cm³/mol. The van der Waals surface area contributed by atoms with Gasteiger partial charge in [0.05, 0.1) is 0 Å². The van der Waals surface area contributed by atoms with E-state index in [2.05, 4.69) is 20.8 Å². The normalized spacial score (nSPS) is 11.5. The molecular weight excluding hydrogens is 737 g/mol. The fraction of sp³-hybridized carbons (Fsp3) is 0.964. The first-order valence-electron chi connectivity index (χ1n) is 28.0. The third-order valence-electron chi connectivity index (χ3n) is 13.0. The molecule has 0 N–H and O–H groups in total. The minimum absolute atomic E-state index is 0.195. The molecule has 0 heterocycles. The Morgan fingerprint density at radius 3 is 0.617 bits per heavy atom. The second-order valence-electron chi connectivity index (χ2n) is 19.3. The van der Waals surface area contributed by atoms with Gasteiger partial charge in [0.15, 0.2) is 0 Å². The van der Waals surface area contributed by atoms with Gasteiger partial charge >= 0.3 is 11.9 Å². The topological polar surface area (TPSA) is 52.6 Å². The average molecular weight is 847 g/mol. The first kappa shape index (κ1) is 58.9. The molecule has 0 aromatic heterocycles. The van der Waals surface area contributed by atoms with Crippen LogP contribution in [0.15, 0.2) is 0 Å². The van der Waals surface area contributed by atoms with Crippen LogP contribution in [0.1, 0.15) is 342 Å². The zero-order valence-corrected chi connectivity index (χ0v) is 41.6. The summed E-state index contributed by atoms with van der Waals surface area (Å²) in [5.41, 5.74) is 0. The van der Waals surface area contributed by atoms with Gasteiger partial charge in [0.2, 0.25) is 6.29 Å². The van der Waals surface area contributed by atoms with Crippen molar-refractivity contribution in [3.05, 3.63) is 0 Å². The third-order valence-corrected chi connectivity index (χ3v) is 13.0. The largest absolute Gasteiger partial charge is 0.425 e. The lowest BCUT2D eigenvalue weighted by atomic mass is 10.0. The number of esters is 2. The van der Waals surface area contributed by atoms with Crippen molar-refractivity contribution in [1.82, 2.24) is 0 Å². The second-order valence-corrected chi connectivity index (χ2v) is 19.3. The van der Waals surface area contributed by atoms with Crippen molar-refractivity contribution in [2.75, 3.05) is 0 Å². The predicted octanol–water partition coefficient (Wildman–Crippen LogP) is 20.0. The molecule has 0 saturated heterocycles. The molecule has 0 bridgehead atoms. The molecule has 0 aromatic rings. The van der Waals surface area contributed by atoms with Crippen molar-refractivity contribution in [3.63, 3.8) is 0 Å². The molecule has 0 aromatic carbocycles. The highest BCUT2D eigenvalue weighted by Gasteiger charge is 2.19. The Morgan fingerprint density at radius 1 is 0.250 bits per heavy atom. The highest BCUT2D eigenvalue weighted by molar-refractivity contribution is 5.71. The fourth-order valence-corrected chi connectivity index (χ4v) is 8.87. The molecule has 0 aliphatic carbocycles. The average Bonchev–Trinajstić information content (AvgIpc) is 3.24. The van der Waals surface area contributed by atoms with Crippen molar-refractivity contribution >= 4 is 11.9 Å². The summed E-state index contributed by atoms with van der Waals surface area (Å²) in [5, 5.41) is 0. The van der Waals surface area contributed by atoms with Crippen molar-refractivity contribution < 1.29 is 19.1 Å². The number of carbonyl (C=O) groups excluding carboxylic acids is 2. The van der Waals surface area contributed by atoms with Gasteiger partial charge in [0, 0.05) is 19.3 Å². The van der Waals surface area contributed by atoms with E-state index in [9.17, 15) is 9.59 Å². The highest BCUT2D eigenvalue weighted by Crippen LogP contribution is 2.19. The van der Waals surface area contributed by atoms with Gasteiger partial charge in [-0.2, -0.15) is 0 Å². The van der Waals surface area contributed by atoms with Crippen molar-refractivity contribution in [1.29, 1.82) is 0 Å². The monoisotopic (exact) mass is 847 g/mol. The van der Waals surface area contributed by atoms with E-state index in [0.29, 0.717) is 19.3 Å². The van der Waals surface area contributed by atoms with E-state index in [-0.39, 0.29) is 11.9 Å². The summed E-state index contributed by atoms with van der Waals surface area (Å²) >= 11 is 0. The van der Waals surface area contributed by atoms with Gasteiger partial charge in [0.1, 0.15) is 0 Å². The third kappa shape index (κ3) is 49.6. The molecule has 0 saturated carbocycles. The van der Waals surface area contributed by atoms with E-state index in [1.807, 2.05) is 0 Å². The van der Waals surface area contributed by atoms with Crippen LogP contribution in [0, 0.1) is 0 Å². The quantitative estimate of drug-likeness (QED) is 0.0348. The molecule has 4 nitrogen and oxygen atoms in total. The number of unbranched alkanes of at least 4 members (excludes halogenated alkanes) is 44. The summed E-state index contributed by atoms with van der Waals surface area (Å²) in [4.78, 5) is 25.6. The van der Waals surface area contributed by atoms with Crippen LogP contribution in [-0.2, 0) is 19.1 Å². The highest BCUT2D eigenvalue weighted by atomic mass is 16.7. The van der Waals surface area contributed by atoms with E-state index in [1.54, 1.807) is 0 Å². The molecule has 4 heteroatoms. The molecule has 0 aliphatic rings. The number of rotatable bonds is 52. The van der Waals surface area contributed by atoms with Crippen LogP contribution < -0.4 is 0 Å². The maximum atomic E-state index is 12.8. The lowest BCUT2D eigenvalue weighted by Gasteiger charge is -2.18.